The van der Waals surface area contributed by atoms with Crippen LogP contribution < -0.4 is 11.1 Å². The van der Waals surface area contributed by atoms with Crippen LogP contribution in [0.1, 0.15) is 11.1 Å². The molecule has 2 aromatic carbocycles. The van der Waals surface area contributed by atoms with Crippen molar-refractivity contribution < 1.29 is 9.90 Å². The number of anilines is 1. The highest BCUT2D eigenvalue weighted by Gasteiger charge is 2.09. The van der Waals surface area contributed by atoms with Gasteiger partial charge in [-0.25, -0.2) is 0 Å². The van der Waals surface area contributed by atoms with E-state index in [2.05, 4.69) is 5.32 Å². The van der Waals surface area contributed by atoms with Crippen molar-refractivity contribution in [1.82, 2.24) is 0 Å². The number of hydrogen-bond acceptors (Lipinski definition) is 3. The van der Waals surface area contributed by atoms with Gasteiger partial charge in [0.2, 0.25) is 5.91 Å². The predicted molar refractivity (Wildman–Crippen MR) is 87.8 cm³/mol. The molecule has 0 unspecified atom stereocenters. The predicted octanol–water partition coefficient (Wildman–Crippen LogP) is 2.86. The molecule has 108 valence electrons. The summed E-state index contributed by atoms with van der Waals surface area (Å²) >= 11 is 10.9. The van der Waals surface area contributed by atoms with E-state index in [9.17, 15) is 9.90 Å². The van der Waals surface area contributed by atoms with Gasteiger partial charge in [0, 0.05) is 5.56 Å². The summed E-state index contributed by atoms with van der Waals surface area (Å²) in [7, 11) is 0. The maximum absolute atomic E-state index is 12.0. The molecule has 0 radical (unpaired) electrons. The van der Waals surface area contributed by atoms with Gasteiger partial charge in [0.1, 0.15) is 10.7 Å². The average molecular weight is 321 g/mol. The minimum absolute atomic E-state index is 0.119. The smallest absolute Gasteiger partial charge is 0.228 e. The van der Waals surface area contributed by atoms with Crippen LogP contribution in [0.5, 0.6) is 5.75 Å². The number of nitrogens with two attached hydrogens (primary N) is 1. The minimum Gasteiger partial charge on any atom is -0.508 e. The summed E-state index contributed by atoms with van der Waals surface area (Å²) in [5, 5.41) is 12.5. The van der Waals surface area contributed by atoms with Gasteiger partial charge in [0.25, 0.3) is 0 Å². The molecule has 0 saturated carbocycles. The molecule has 0 saturated heterocycles. The topological polar surface area (TPSA) is 75.3 Å². The third kappa shape index (κ3) is 4.18. The molecule has 0 heterocycles. The largest absolute Gasteiger partial charge is 0.508 e. The summed E-state index contributed by atoms with van der Waals surface area (Å²) in [6.45, 7) is 0. The summed E-state index contributed by atoms with van der Waals surface area (Å²) in [6, 6.07) is 11.5. The number of nitrogens with one attached hydrogen (secondary N) is 1. The fourth-order valence-corrected chi connectivity index (χ4v) is 2.11. The van der Waals surface area contributed by atoms with Crippen LogP contribution in [0.2, 0.25) is 5.02 Å². The number of phenolic OH excluding ortho intramolecular Hbond substituents is 1. The standard InChI is InChI=1S/C15H13ClN2O2S/c16-12-5-4-10(15(17)21)8-13(12)18-14(20)7-9-2-1-3-11(19)6-9/h1-6,8,19H,7H2,(H2,17,21)(H,18,20). The van der Waals surface area contributed by atoms with Crippen LogP contribution in [0.25, 0.3) is 0 Å². The van der Waals surface area contributed by atoms with Crippen molar-refractivity contribution in [3.8, 4) is 5.75 Å². The first-order chi connectivity index (χ1) is 9.95. The van der Waals surface area contributed by atoms with Gasteiger partial charge in [0.15, 0.2) is 0 Å². The summed E-state index contributed by atoms with van der Waals surface area (Å²) in [5.74, 6) is -0.128. The van der Waals surface area contributed by atoms with Crippen molar-refractivity contribution in [3.63, 3.8) is 0 Å². The van der Waals surface area contributed by atoms with Gasteiger partial charge >= 0.3 is 0 Å². The number of carbonyl (C=O) groups is 1. The van der Waals surface area contributed by atoms with Crippen LogP contribution in [0.3, 0.4) is 0 Å². The van der Waals surface area contributed by atoms with Crippen LogP contribution >= 0.6 is 23.8 Å². The maximum atomic E-state index is 12.0. The maximum Gasteiger partial charge on any atom is 0.228 e. The van der Waals surface area contributed by atoms with E-state index in [1.807, 2.05) is 0 Å². The third-order valence-corrected chi connectivity index (χ3v) is 3.37. The molecule has 0 aliphatic rings. The van der Waals surface area contributed by atoms with E-state index >= 15 is 0 Å². The fraction of sp³-hybridized carbons (Fsp3) is 0.0667. The SMILES string of the molecule is NC(=S)c1ccc(Cl)c(NC(=O)Cc2cccc(O)c2)c1. The van der Waals surface area contributed by atoms with Crippen molar-refractivity contribution in [2.75, 3.05) is 5.32 Å². The number of carbonyl (C=O) groups excluding carboxylic acids is 1. The Kier molecular flexibility index (Phi) is 4.77. The van der Waals surface area contributed by atoms with Crippen molar-refractivity contribution in [3.05, 3.63) is 58.6 Å². The van der Waals surface area contributed by atoms with Crippen LogP contribution in [0.4, 0.5) is 5.69 Å². The molecule has 0 bridgehead atoms. The first-order valence-electron chi connectivity index (χ1n) is 6.13. The Morgan fingerprint density at radius 1 is 1.29 bits per heavy atom. The summed E-state index contributed by atoms with van der Waals surface area (Å²) in [6.07, 6.45) is 0.127. The average Bonchev–Trinajstić information content (AvgIpc) is 2.41. The highest BCUT2D eigenvalue weighted by molar-refractivity contribution is 7.80. The summed E-state index contributed by atoms with van der Waals surface area (Å²) in [5.41, 5.74) is 7.33. The van der Waals surface area contributed by atoms with Crippen molar-refractivity contribution in [1.29, 1.82) is 0 Å². The molecule has 21 heavy (non-hydrogen) atoms. The third-order valence-electron chi connectivity index (χ3n) is 2.80. The molecule has 0 aliphatic heterocycles. The van der Waals surface area contributed by atoms with E-state index in [0.717, 1.165) is 0 Å². The number of rotatable bonds is 4. The number of phenols is 1. The second-order valence-electron chi connectivity index (χ2n) is 4.45. The molecule has 6 heteroatoms. The molecular weight excluding hydrogens is 308 g/mol. The van der Waals surface area contributed by atoms with Crippen molar-refractivity contribution >= 4 is 40.4 Å². The molecular formula is C15H13ClN2O2S. The molecule has 0 aromatic heterocycles. The lowest BCUT2D eigenvalue weighted by molar-refractivity contribution is -0.115. The molecule has 4 nitrogen and oxygen atoms in total. The lowest BCUT2D eigenvalue weighted by Crippen LogP contribution is -2.16. The molecule has 4 N–H and O–H groups in total. The van der Waals surface area contributed by atoms with Crippen molar-refractivity contribution in [2.45, 2.75) is 6.42 Å². The van der Waals surface area contributed by atoms with Gasteiger partial charge in [-0.3, -0.25) is 4.79 Å². The molecule has 2 rings (SSSR count). The lowest BCUT2D eigenvalue weighted by Gasteiger charge is -2.09. The Hall–Kier alpha value is -2.11. The number of amides is 1. The van der Waals surface area contributed by atoms with Gasteiger partial charge < -0.3 is 16.2 Å². The van der Waals surface area contributed by atoms with Crippen LogP contribution in [0, 0.1) is 0 Å². The molecule has 0 atom stereocenters. The fourth-order valence-electron chi connectivity index (χ4n) is 1.82. The Labute approximate surface area is 132 Å². The molecule has 0 fully saturated rings. The molecule has 2 aromatic rings. The minimum atomic E-state index is -0.248. The monoisotopic (exact) mass is 320 g/mol. The van der Waals surface area contributed by atoms with E-state index in [0.29, 0.717) is 21.8 Å². The van der Waals surface area contributed by atoms with Gasteiger partial charge in [-0.15, -0.1) is 0 Å². The Morgan fingerprint density at radius 3 is 2.71 bits per heavy atom. The van der Waals surface area contributed by atoms with Crippen LogP contribution in [-0.2, 0) is 11.2 Å². The van der Waals surface area contributed by atoms with Gasteiger partial charge in [-0.2, -0.15) is 0 Å². The quantitative estimate of drug-likeness (QED) is 0.757. The van der Waals surface area contributed by atoms with E-state index in [4.69, 9.17) is 29.6 Å². The van der Waals surface area contributed by atoms with Gasteiger partial charge in [-0.1, -0.05) is 42.0 Å². The summed E-state index contributed by atoms with van der Waals surface area (Å²) < 4.78 is 0. The number of thiocarbonyl (C=S) groups is 1. The van der Waals surface area contributed by atoms with E-state index in [1.54, 1.807) is 36.4 Å². The summed E-state index contributed by atoms with van der Waals surface area (Å²) in [4.78, 5) is 12.2. The zero-order valence-electron chi connectivity index (χ0n) is 11.0. The second-order valence-corrected chi connectivity index (χ2v) is 5.30. The normalized spacial score (nSPS) is 10.1. The van der Waals surface area contributed by atoms with Gasteiger partial charge in [0.05, 0.1) is 17.1 Å². The Balaban J connectivity index is 2.12. The van der Waals surface area contributed by atoms with E-state index in [-0.39, 0.29) is 23.1 Å². The number of aromatic hydroxyl groups is 1. The van der Waals surface area contributed by atoms with Crippen LogP contribution in [0.15, 0.2) is 42.5 Å². The van der Waals surface area contributed by atoms with Crippen molar-refractivity contribution in [2.24, 2.45) is 5.73 Å². The molecule has 0 aliphatic carbocycles. The first kappa shape index (κ1) is 15.3. The first-order valence-corrected chi connectivity index (χ1v) is 6.91. The molecule has 1 amide bonds. The second kappa shape index (κ2) is 6.56. The van der Waals surface area contributed by atoms with E-state index in [1.165, 1.54) is 6.07 Å². The lowest BCUT2D eigenvalue weighted by atomic mass is 10.1. The zero-order chi connectivity index (χ0) is 15.4. The highest BCUT2D eigenvalue weighted by Crippen LogP contribution is 2.23. The zero-order valence-corrected chi connectivity index (χ0v) is 12.5. The van der Waals surface area contributed by atoms with Gasteiger partial charge in [-0.05, 0) is 29.8 Å². The Bertz CT molecular complexity index is 704. The highest BCUT2D eigenvalue weighted by atomic mass is 35.5. The van der Waals surface area contributed by atoms with E-state index < -0.39 is 0 Å². The Morgan fingerprint density at radius 2 is 2.05 bits per heavy atom. The number of halogens is 1. The number of benzene rings is 2. The molecule has 0 spiro atoms. The van der Waals surface area contributed by atoms with Crippen LogP contribution in [-0.4, -0.2) is 16.0 Å². The number of hydrogen-bond donors (Lipinski definition) is 3.